The number of thioether (sulfide) groups is 2. The third-order valence-corrected chi connectivity index (χ3v) is 8.49. The smallest absolute Gasteiger partial charge is 0.326 e. The quantitative estimate of drug-likeness (QED) is 0.0602. The number of nitrogens with one attached hydrogen (secondary N) is 6. The van der Waals surface area contributed by atoms with Crippen molar-refractivity contribution in [3.8, 4) is 0 Å². The molecule has 1 aromatic heterocycles. The van der Waals surface area contributed by atoms with Crippen LogP contribution in [0.15, 0.2) is 42.9 Å². The Morgan fingerprint density at radius 1 is 0.800 bits per heavy atom. The fourth-order valence-corrected chi connectivity index (χ4v) is 5.49. The van der Waals surface area contributed by atoms with Crippen LogP contribution in [-0.2, 0) is 46.4 Å². The molecule has 0 aliphatic rings. The van der Waals surface area contributed by atoms with Crippen LogP contribution in [0.2, 0.25) is 0 Å². The van der Waals surface area contributed by atoms with Crippen molar-refractivity contribution in [1.29, 1.82) is 0 Å². The maximum atomic E-state index is 13.8. The molecule has 0 saturated carbocycles. The van der Waals surface area contributed by atoms with E-state index in [9.17, 15) is 38.7 Å². The molecular weight excluding hydrogens is 691 g/mol. The van der Waals surface area contributed by atoms with Gasteiger partial charge in [0.1, 0.15) is 24.2 Å². The average molecular weight is 736 g/mol. The van der Waals surface area contributed by atoms with Crippen LogP contribution in [0.1, 0.15) is 30.5 Å². The maximum absolute atomic E-state index is 13.8. The largest absolute Gasteiger partial charge is 0.480 e. The summed E-state index contributed by atoms with van der Waals surface area (Å²) in [6, 6.07) is 2.79. The second-order valence-electron chi connectivity index (χ2n) is 11.2. The van der Waals surface area contributed by atoms with Crippen LogP contribution >= 0.6 is 23.5 Å². The monoisotopic (exact) mass is 735 g/mol. The van der Waals surface area contributed by atoms with Crippen LogP contribution in [0, 0.1) is 0 Å². The highest BCUT2D eigenvalue weighted by Gasteiger charge is 2.31. The number of carboxylic acid groups (broad SMARTS) is 1. The number of carbonyl (C=O) groups excluding carboxylic acids is 6. The van der Waals surface area contributed by atoms with Gasteiger partial charge in [0.15, 0.2) is 0 Å². The van der Waals surface area contributed by atoms with Crippen LogP contribution in [0.5, 0.6) is 0 Å². The zero-order chi connectivity index (χ0) is 37.1. The SMILES string of the molecule is CSCC[C@H](NC(=O)[C@@H](N)CCSC)C(=O)N[C@@H](Cc1cnc[nH]1)C(=O)N[C@@H](Cc1ccccc1)C(=O)NCC(=O)N[C@@H](CC(N)=O)C(=O)O. The number of rotatable bonds is 23. The number of carbonyl (C=O) groups is 7. The number of nitrogens with two attached hydrogens (primary N) is 2. The highest BCUT2D eigenvalue weighted by molar-refractivity contribution is 7.98. The van der Waals surface area contributed by atoms with Crippen molar-refractivity contribution in [2.75, 3.05) is 30.6 Å². The number of imidazole rings is 1. The highest BCUT2D eigenvalue weighted by Crippen LogP contribution is 2.08. The van der Waals surface area contributed by atoms with Gasteiger partial charge in [0.25, 0.3) is 0 Å². The summed E-state index contributed by atoms with van der Waals surface area (Å²) in [4.78, 5) is 95.4. The predicted octanol–water partition coefficient (Wildman–Crippen LogP) is -1.96. The Morgan fingerprint density at radius 2 is 1.40 bits per heavy atom. The first-order valence-electron chi connectivity index (χ1n) is 15.6. The highest BCUT2D eigenvalue weighted by atomic mass is 32.2. The summed E-state index contributed by atoms with van der Waals surface area (Å²) in [5.74, 6) is -4.82. The van der Waals surface area contributed by atoms with Crippen LogP contribution < -0.4 is 38.1 Å². The second-order valence-corrected chi connectivity index (χ2v) is 13.1. The van der Waals surface area contributed by atoms with Crippen molar-refractivity contribution in [3.05, 3.63) is 54.1 Å². The summed E-state index contributed by atoms with van der Waals surface area (Å²) in [7, 11) is 0. The van der Waals surface area contributed by atoms with Crippen molar-refractivity contribution in [2.45, 2.75) is 62.3 Å². The molecule has 0 spiro atoms. The molecule has 1 heterocycles. The number of hydrogen-bond donors (Lipinski definition) is 9. The molecule has 0 unspecified atom stereocenters. The summed E-state index contributed by atoms with van der Waals surface area (Å²) in [5, 5.41) is 21.8. The molecule has 274 valence electrons. The number of primary amides is 1. The number of H-pyrrole nitrogens is 1. The third kappa shape index (κ3) is 15.3. The van der Waals surface area contributed by atoms with E-state index in [-0.39, 0.29) is 19.3 Å². The van der Waals surface area contributed by atoms with E-state index < -0.39 is 84.6 Å². The van der Waals surface area contributed by atoms with E-state index >= 15 is 0 Å². The van der Waals surface area contributed by atoms with E-state index in [2.05, 4.69) is 36.6 Å². The number of hydrogen-bond acceptors (Lipinski definition) is 11. The van der Waals surface area contributed by atoms with Crippen LogP contribution in [0.3, 0.4) is 0 Å². The number of amides is 6. The van der Waals surface area contributed by atoms with Crippen LogP contribution in [0.4, 0.5) is 0 Å². The number of aromatic amines is 1. The molecule has 0 aliphatic heterocycles. The lowest BCUT2D eigenvalue weighted by Crippen LogP contribution is -2.59. The van der Waals surface area contributed by atoms with Crippen molar-refractivity contribution >= 4 is 64.9 Å². The molecule has 0 aliphatic carbocycles. The molecule has 6 amide bonds. The first kappa shape index (κ1) is 41.6. The van der Waals surface area contributed by atoms with E-state index in [0.29, 0.717) is 29.2 Å². The molecular formula is C31H45N9O8S2. The van der Waals surface area contributed by atoms with Gasteiger partial charge >= 0.3 is 5.97 Å². The number of aliphatic carboxylic acids is 1. The fourth-order valence-electron chi connectivity index (χ4n) is 4.53. The topological polar surface area (TPSA) is 281 Å². The molecule has 5 atom stereocenters. The van der Waals surface area contributed by atoms with Gasteiger partial charge in [-0.1, -0.05) is 30.3 Å². The Kier molecular flexibility index (Phi) is 18.4. The van der Waals surface area contributed by atoms with Gasteiger partial charge in [0, 0.05) is 24.7 Å². The van der Waals surface area contributed by atoms with Crippen LogP contribution in [-0.4, -0.2) is 117 Å². The molecule has 1 aromatic carbocycles. The van der Waals surface area contributed by atoms with Gasteiger partial charge in [-0.25, -0.2) is 9.78 Å². The van der Waals surface area contributed by atoms with Gasteiger partial charge < -0.3 is 48.1 Å². The summed E-state index contributed by atoms with van der Waals surface area (Å²) < 4.78 is 0. The summed E-state index contributed by atoms with van der Waals surface area (Å²) in [6.45, 7) is -0.674. The molecule has 17 nitrogen and oxygen atoms in total. The Balaban J connectivity index is 2.26. The Bertz CT molecular complexity index is 1430. The zero-order valence-corrected chi connectivity index (χ0v) is 29.4. The van der Waals surface area contributed by atoms with Crippen molar-refractivity contribution in [1.82, 2.24) is 36.6 Å². The van der Waals surface area contributed by atoms with Crippen LogP contribution in [0.25, 0.3) is 0 Å². The van der Waals surface area contributed by atoms with E-state index in [0.717, 1.165) is 0 Å². The number of benzene rings is 1. The molecule has 0 saturated heterocycles. The lowest BCUT2D eigenvalue weighted by atomic mass is 10.0. The first-order valence-corrected chi connectivity index (χ1v) is 18.4. The Morgan fingerprint density at radius 3 is 1.98 bits per heavy atom. The molecule has 0 bridgehead atoms. The lowest BCUT2D eigenvalue weighted by molar-refractivity contribution is -0.143. The van der Waals surface area contributed by atoms with E-state index in [1.165, 1.54) is 36.0 Å². The van der Waals surface area contributed by atoms with E-state index in [1.54, 1.807) is 30.3 Å². The number of carboxylic acids is 1. The molecule has 0 fully saturated rings. The van der Waals surface area contributed by atoms with Gasteiger partial charge in [-0.05, 0) is 42.4 Å². The lowest BCUT2D eigenvalue weighted by Gasteiger charge is -2.26. The van der Waals surface area contributed by atoms with Gasteiger partial charge in [0.05, 0.1) is 25.3 Å². The Hall–Kier alpha value is -4.62. The molecule has 50 heavy (non-hydrogen) atoms. The number of nitrogens with zero attached hydrogens (tertiary/aromatic N) is 1. The molecule has 2 rings (SSSR count). The summed E-state index contributed by atoms with van der Waals surface area (Å²) >= 11 is 3.01. The van der Waals surface area contributed by atoms with Gasteiger partial charge in [0.2, 0.25) is 35.4 Å². The minimum atomic E-state index is -1.60. The molecule has 19 heteroatoms. The second kappa shape index (κ2) is 22.2. The first-order chi connectivity index (χ1) is 23.8. The minimum absolute atomic E-state index is 0.00940. The minimum Gasteiger partial charge on any atom is -0.480 e. The molecule has 11 N–H and O–H groups in total. The van der Waals surface area contributed by atoms with E-state index in [4.69, 9.17) is 11.5 Å². The fraction of sp³-hybridized carbons (Fsp3) is 0.484. The standard InChI is InChI=1S/C31H45N9O8S2/c1-49-10-8-20(32)27(43)38-21(9-11-50-2)29(45)40-23(13-19-15-34-17-36-19)30(46)39-22(12-18-6-4-3-5-7-18)28(44)35-16-26(42)37-24(31(47)48)14-25(33)41/h3-7,15,17,20-24H,8-14,16,32H2,1-2H3,(H2,33,41)(H,34,36)(H,35,44)(H,37,42)(H,38,43)(H,39,46)(H,40,45)(H,47,48)/t20-,21-,22-,23-,24-/m0/s1. The summed E-state index contributed by atoms with van der Waals surface area (Å²) in [6.07, 6.45) is 6.57. The average Bonchev–Trinajstić information content (AvgIpc) is 3.60. The van der Waals surface area contributed by atoms with Gasteiger partial charge in [-0.2, -0.15) is 23.5 Å². The summed E-state index contributed by atoms with van der Waals surface area (Å²) in [5.41, 5.74) is 12.2. The third-order valence-electron chi connectivity index (χ3n) is 7.20. The normalized spacial score (nSPS) is 13.8. The van der Waals surface area contributed by atoms with Crippen molar-refractivity contribution in [2.24, 2.45) is 11.5 Å². The van der Waals surface area contributed by atoms with Gasteiger partial charge in [-0.3, -0.25) is 28.8 Å². The van der Waals surface area contributed by atoms with Crippen molar-refractivity contribution < 1.29 is 38.7 Å². The zero-order valence-electron chi connectivity index (χ0n) is 27.8. The number of aromatic nitrogens is 2. The van der Waals surface area contributed by atoms with Gasteiger partial charge in [-0.15, -0.1) is 0 Å². The predicted molar refractivity (Wildman–Crippen MR) is 189 cm³/mol. The Labute approximate surface area is 298 Å². The van der Waals surface area contributed by atoms with E-state index in [1.807, 2.05) is 12.5 Å². The maximum Gasteiger partial charge on any atom is 0.326 e. The van der Waals surface area contributed by atoms with Crippen molar-refractivity contribution in [3.63, 3.8) is 0 Å². The molecule has 2 aromatic rings. The molecule has 0 radical (unpaired) electrons.